The second kappa shape index (κ2) is 5.92. The van der Waals surface area contributed by atoms with Crippen LogP contribution < -0.4 is 4.74 Å². The summed E-state index contributed by atoms with van der Waals surface area (Å²) in [6.45, 7) is 0. The molecule has 1 saturated carbocycles. The molecule has 0 N–H and O–H groups in total. The van der Waals surface area contributed by atoms with Gasteiger partial charge in [0, 0.05) is 26.2 Å². The molecule has 0 bridgehead atoms. The first kappa shape index (κ1) is 14.2. The van der Waals surface area contributed by atoms with Gasteiger partial charge in [-0.1, -0.05) is 31.4 Å². The average molecular weight is 285 g/mol. The van der Waals surface area contributed by atoms with Gasteiger partial charge < -0.3 is 9.64 Å². The molecule has 21 heavy (non-hydrogen) atoms. The van der Waals surface area contributed by atoms with Crippen LogP contribution in [0.1, 0.15) is 42.5 Å². The minimum Gasteiger partial charge on any atom is -0.484 e. The van der Waals surface area contributed by atoms with Crippen LogP contribution in [0.2, 0.25) is 0 Å². The second-order valence-corrected chi connectivity index (χ2v) is 6.31. The third-order valence-corrected chi connectivity index (χ3v) is 4.43. The third kappa shape index (κ3) is 2.82. The molecule has 1 aromatic carbocycles. The van der Waals surface area contributed by atoms with Crippen LogP contribution in [0.25, 0.3) is 0 Å². The SMILES string of the molecule is CN(C)C=C1C(=O)c2ccccc2OC1C1CCCCC1. The fraction of sp³-hybridized carbons (Fsp3) is 0.500. The van der Waals surface area contributed by atoms with Crippen LogP contribution in [-0.2, 0) is 0 Å². The van der Waals surface area contributed by atoms with Crippen LogP contribution in [0.15, 0.2) is 36.0 Å². The van der Waals surface area contributed by atoms with Gasteiger partial charge in [0.25, 0.3) is 0 Å². The van der Waals surface area contributed by atoms with Crippen molar-refractivity contribution in [2.24, 2.45) is 5.92 Å². The summed E-state index contributed by atoms with van der Waals surface area (Å²) in [5, 5.41) is 0. The molecule has 1 fully saturated rings. The minimum absolute atomic E-state index is 0.0879. The maximum absolute atomic E-state index is 12.8. The monoisotopic (exact) mass is 285 g/mol. The maximum atomic E-state index is 12.8. The van der Waals surface area contributed by atoms with Crippen LogP contribution in [-0.4, -0.2) is 30.9 Å². The molecule has 0 saturated heterocycles. The van der Waals surface area contributed by atoms with E-state index in [4.69, 9.17) is 4.74 Å². The molecule has 1 aromatic rings. The predicted molar refractivity (Wildman–Crippen MR) is 83.5 cm³/mol. The molecule has 0 aromatic heterocycles. The van der Waals surface area contributed by atoms with Gasteiger partial charge in [0.2, 0.25) is 0 Å². The standard InChI is InChI=1S/C18H23NO2/c1-19(2)12-15-17(20)14-10-6-7-11-16(14)21-18(15)13-8-4-3-5-9-13/h6-7,10-13,18H,3-5,8-9H2,1-2H3. The highest BCUT2D eigenvalue weighted by atomic mass is 16.5. The molecular formula is C18H23NO2. The summed E-state index contributed by atoms with van der Waals surface area (Å²) in [6.07, 6.45) is 7.97. The van der Waals surface area contributed by atoms with Gasteiger partial charge in [0.1, 0.15) is 11.9 Å². The number of para-hydroxylation sites is 1. The van der Waals surface area contributed by atoms with E-state index in [2.05, 4.69) is 0 Å². The number of benzene rings is 1. The van der Waals surface area contributed by atoms with Crippen molar-refractivity contribution in [3.05, 3.63) is 41.6 Å². The zero-order valence-electron chi connectivity index (χ0n) is 12.8. The Morgan fingerprint density at radius 2 is 1.86 bits per heavy atom. The minimum atomic E-state index is -0.0879. The smallest absolute Gasteiger partial charge is 0.197 e. The molecule has 2 aliphatic rings. The van der Waals surface area contributed by atoms with E-state index < -0.39 is 0 Å². The zero-order chi connectivity index (χ0) is 14.8. The summed E-state index contributed by atoms with van der Waals surface area (Å²) in [5.74, 6) is 1.33. The van der Waals surface area contributed by atoms with Crippen molar-refractivity contribution in [2.75, 3.05) is 14.1 Å². The molecule has 1 atom stereocenters. The van der Waals surface area contributed by atoms with Crippen molar-refractivity contribution in [1.82, 2.24) is 4.90 Å². The van der Waals surface area contributed by atoms with Crippen molar-refractivity contribution in [3.8, 4) is 5.75 Å². The maximum Gasteiger partial charge on any atom is 0.197 e. The Morgan fingerprint density at radius 1 is 1.14 bits per heavy atom. The fourth-order valence-electron chi connectivity index (χ4n) is 3.44. The highest BCUT2D eigenvalue weighted by Crippen LogP contribution is 2.38. The predicted octanol–water partition coefficient (Wildman–Crippen LogP) is 3.66. The number of carbonyl (C=O) groups is 1. The summed E-state index contributed by atoms with van der Waals surface area (Å²) in [4.78, 5) is 14.8. The lowest BCUT2D eigenvalue weighted by Crippen LogP contribution is -2.38. The lowest BCUT2D eigenvalue weighted by molar-refractivity contribution is 0.0856. The van der Waals surface area contributed by atoms with Crippen LogP contribution in [0.3, 0.4) is 0 Å². The van der Waals surface area contributed by atoms with Gasteiger partial charge >= 0.3 is 0 Å². The third-order valence-electron chi connectivity index (χ3n) is 4.43. The fourth-order valence-corrected chi connectivity index (χ4v) is 3.44. The van der Waals surface area contributed by atoms with Gasteiger partial charge in [-0.25, -0.2) is 0 Å². The van der Waals surface area contributed by atoms with Gasteiger partial charge in [-0.05, 0) is 25.0 Å². The molecule has 3 rings (SSSR count). The molecule has 1 unspecified atom stereocenters. The van der Waals surface area contributed by atoms with Crippen LogP contribution in [0, 0.1) is 5.92 Å². The average Bonchev–Trinajstić information content (AvgIpc) is 2.50. The second-order valence-electron chi connectivity index (χ2n) is 6.31. The number of carbonyl (C=O) groups excluding carboxylic acids is 1. The molecule has 1 aliphatic carbocycles. The number of rotatable bonds is 2. The lowest BCUT2D eigenvalue weighted by Gasteiger charge is -2.35. The number of hydrogen-bond acceptors (Lipinski definition) is 3. The van der Waals surface area contributed by atoms with E-state index in [1.54, 1.807) is 0 Å². The van der Waals surface area contributed by atoms with Crippen molar-refractivity contribution < 1.29 is 9.53 Å². The Bertz CT molecular complexity index is 556. The van der Waals surface area contributed by atoms with Crippen molar-refractivity contribution in [2.45, 2.75) is 38.2 Å². The normalized spacial score (nSPS) is 24.6. The number of hydrogen-bond donors (Lipinski definition) is 0. The van der Waals surface area contributed by atoms with Crippen LogP contribution in [0.5, 0.6) is 5.75 Å². The van der Waals surface area contributed by atoms with E-state index in [-0.39, 0.29) is 11.9 Å². The van der Waals surface area contributed by atoms with E-state index in [1.807, 2.05) is 49.5 Å². The molecule has 0 spiro atoms. The number of Topliss-reactive ketones (excluding diaryl/α,β-unsaturated/α-hetero) is 1. The topological polar surface area (TPSA) is 29.5 Å². The first-order valence-corrected chi connectivity index (χ1v) is 7.85. The van der Waals surface area contributed by atoms with Gasteiger partial charge in [-0.2, -0.15) is 0 Å². The quantitative estimate of drug-likeness (QED) is 0.777. The molecule has 1 aliphatic heterocycles. The summed E-state index contributed by atoms with van der Waals surface area (Å²) in [6, 6.07) is 7.60. The Morgan fingerprint density at radius 3 is 2.57 bits per heavy atom. The zero-order valence-corrected chi connectivity index (χ0v) is 12.8. The first-order chi connectivity index (χ1) is 10.2. The summed E-state index contributed by atoms with van der Waals surface area (Å²) >= 11 is 0. The number of ketones is 1. The largest absolute Gasteiger partial charge is 0.484 e. The highest BCUT2D eigenvalue weighted by molar-refractivity contribution is 6.12. The molecule has 3 heteroatoms. The van der Waals surface area contributed by atoms with Crippen molar-refractivity contribution >= 4 is 5.78 Å². The summed E-state index contributed by atoms with van der Waals surface area (Å²) < 4.78 is 6.24. The number of nitrogens with zero attached hydrogens (tertiary/aromatic N) is 1. The Balaban J connectivity index is 1.98. The van der Waals surface area contributed by atoms with E-state index in [1.165, 1.54) is 19.3 Å². The van der Waals surface area contributed by atoms with Gasteiger partial charge in [0.05, 0.1) is 11.1 Å². The van der Waals surface area contributed by atoms with Crippen LogP contribution in [0.4, 0.5) is 0 Å². The van der Waals surface area contributed by atoms with Gasteiger partial charge in [-0.15, -0.1) is 0 Å². The number of ether oxygens (including phenoxy) is 1. The lowest BCUT2D eigenvalue weighted by atomic mass is 9.79. The van der Waals surface area contributed by atoms with Crippen molar-refractivity contribution in [1.29, 1.82) is 0 Å². The molecule has 0 amide bonds. The van der Waals surface area contributed by atoms with E-state index >= 15 is 0 Å². The molecule has 3 nitrogen and oxygen atoms in total. The van der Waals surface area contributed by atoms with Crippen molar-refractivity contribution in [3.63, 3.8) is 0 Å². The van der Waals surface area contributed by atoms with E-state index in [0.29, 0.717) is 11.5 Å². The molecular weight excluding hydrogens is 262 g/mol. The Labute approximate surface area is 126 Å². The summed E-state index contributed by atoms with van der Waals surface area (Å²) in [5.41, 5.74) is 1.50. The Hall–Kier alpha value is -1.77. The van der Waals surface area contributed by atoms with E-state index in [9.17, 15) is 4.79 Å². The molecule has 0 radical (unpaired) electrons. The van der Waals surface area contributed by atoms with Gasteiger partial charge in [-0.3, -0.25) is 4.79 Å². The van der Waals surface area contributed by atoms with E-state index in [0.717, 1.165) is 24.2 Å². The number of fused-ring (bicyclic) bond motifs is 1. The van der Waals surface area contributed by atoms with Crippen LogP contribution >= 0.6 is 0 Å². The highest BCUT2D eigenvalue weighted by Gasteiger charge is 2.37. The first-order valence-electron chi connectivity index (χ1n) is 7.85. The van der Waals surface area contributed by atoms with Gasteiger partial charge in [0.15, 0.2) is 5.78 Å². The molecule has 112 valence electrons. The summed E-state index contributed by atoms with van der Waals surface area (Å²) in [7, 11) is 3.91. The molecule has 1 heterocycles. The Kier molecular flexibility index (Phi) is 4.00.